The summed E-state index contributed by atoms with van der Waals surface area (Å²) in [6.45, 7) is 1.99. The quantitative estimate of drug-likeness (QED) is 0.817. The van der Waals surface area contributed by atoms with Crippen molar-refractivity contribution < 1.29 is 9.53 Å². The molecule has 0 saturated heterocycles. The lowest BCUT2D eigenvalue weighted by Gasteiger charge is -2.15. The van der Waals surface area contributed by atoms with Crippen LogP contribution in [0.1, 0.15) is 25.0 Å². The molecule has 19 heavy (non-hydrogen) atoms. The molecular formula is C16H18O2S. The summed E-state index contributed by atoms with van der Waals surface area (Å²) in [6, 6.07) is 14.4. The Hall–Kier alpha value is -1.32. The Kier molecular flexibility index (Phi) is 5.00. The van der Waals surface area contributed by atoms with Crippen molar-refractivity contribution in [3.63, 3.8) is 0 Å². The molecule has 0 aliphatic heterocycles. The van der Waals surface area contributed by atoms with E-state index in [-0.39, 0.29) is 11.2 Å². The molecule has 0 bridgehead atoms. The lowest BCUT2D eigenvalue weighted by Crippen LogP contribution is -2.07. The second kappa shape index (κ2) is 6.73. The summed E-state index contributed by atoms with van der Waals surface area (Å²) in [5, 5.41) is 2.57. The molecule has 0 heterocycles. The van der Waals surface area contributed by atoms with Crippen LogP contribution in [0.25, 0.3) is 10.8 Å². The van der Waals surface area contributed by atoms with Crippen LogP contribution in [0.5, 0.6) is 0 Å². The first-order valence-electron chi connectivity index (χ1n) is 6.41. The van der Waals surface area contributed by atoms with E-state index in [0.29, 0.717) is 6.42 Å². The van der Waals surface area contributed by atoms with Gasteiger partial charge in [-0.3, -0.25) is 4.79 Å². The van der Waals surface area contributed by atoms with Crippen molar-refractivity contribution >= 4 is 27.6 Å². The number of carbonyl (C=O) groups excluding carboxylic acids is 1. The van der Waals surface area contributed by atoms with Gasteiger partial charge < -0.3 is 4.74 Å². The molecule has 2 rings (SSSR count). The Morgan fingerprint density at radius 3 is 2.63 bits per heavy atom. The van der Waals surface area contributed by atoms with Crippen molar-refractivity contribution in [1.82, 2.24) is 0 Å². The molecule has 0 aliphatic carbocycles. The maximum Gasteiger partial charge on any atom is 0.191 e. The lowest BCUT2D eigenvalue weighted by atomic mass is 10.0. The van der Waals surface area contributed by atoms with Gasteiger partial charge in [-0.1, -0.05) is 55.1 Å². The second-order valence-corrected chi connectivity index (χ2v) is 5.66. The van der Waals surface area contributed by atoms with Gasteiger partial charge in [0.25, 0.3) is 0 Å². The smallest absolute Gasteiger partial charge is 0.191 e. The summed E-state index contributed by atoms with van der Waals surface area (Å²) in [7, 11) is 1.66. The Bertz CT molecular complexity index is 565. The molecule has 0 saturated carbocycles. The van der Waals surface area contributed by atoms with E-state index in [1.165, 1.54) is 22.5 Å². The van der Waals surface area contributed by atoms with Gasteiger partial charge in [0.15, 0.2) is 5.12 Å². The van der Waals surface area contributed by atoms with Crippen molar-refractivity contribution in [2.45, 2.75) is 19.4 Å². The van der Waals surface area contributed by atoms with E-state index in [9.17, 15) is 4.79 Å². The zero-order valence-corrected chi connectivity index (χ0v) is 12.1. The van der Waals surface area contributed by atoms with E-state index in [4.69, 9.17) is 4.74 Å². The van der Waals surface area contributed by atoms with Crippen LogP contribution >= 0.6 is 11.8 Å². The number of ether oxygens (including phenoxy) is 1. The van der Waals surface area contributed by atoms with Crippen LogP contribution in [-0.2, 0) is 9.53 Å². The summed E-state index contributed by atoms with van der Waals surface area (Å²) >= 11 is 1.35. The zero-order chi connectivity index (χ0) is 13.7. The zero-order valence-electron chi connectivity index (χ0n) is 11.3. The average Bonchev–Trinajstić information content (AvgIpc) is 2.44. The highest BCUT2D eigenvalue weighted by molar-refractivity contribution is 8.13. The van der Waals surface area contributed by atoms with Gasteiger partial charge in [-0.2, -0.15) is 0 Å². The van der Waals surface area contributed by atoms with Gasteiger partial charge >= 0.3 is 0 Å². The SMILES string of the molecule is CCSC(=O)CC(OC)c1ccc2ccccc2c1. The summed E-state index contributed by atoms with van der Waals surface area (Å²) in [6.07, 6.45) is 0.268. The predicted octanol–water partition coefficient (Wildman–Crippen LogP) is 4.20. The molecule has 1 unspecified atom stereocenters. The largest absolute Gasteiger partial charge is 0.376 e. The van der Waals surface area contributed by atoms with Crippen LogP contribution < -0.4 is 0 Å². The predicted molar refractivity (Wildman–Crippen MR) is 81.5 cm³/mol. The highest BCUT2D eigenvalue weighted by atomic mass is 32.2. The van der Waals surface area contributed by atoms with Crippen LogP contribution in [0.15, 0.2) is 42.5 Å². The number of hydrogen-bond acceptors (Lipinski definition) is 3. The van der Waals surface area contributed by atoms with E-state index in [0.717, 1.165) is 11.3 Å². The lowest BCUT2D eigenvalue weighted by molar-refractivity contribution is -0.113. The highest BCUT2D eigenvalue weighted by Crippen LogP contribution is 2.26. The third kappa shape index (κ3) is 3.58. The van der Waals surface area contributed by atoms with Crippen LogP contribution in [0, 0.1) is 0 Å². The van der Waals surface area contributed by atoms with Gasteiger partial charge in [-0.25, -0.2) is 0 Å². The molecule has 3 heteroatoms. The fourth-order valence-electron chi connectivity index (χ4n) is 2.12. The van der Waals surface area contributed by atoms with Crippen molar-refractivity contribution in [3.05, 3.63) is 48.0 Å². The van der Waals surface area contributed by atoms with Crippen molar-refractivity contribution in [1.29, 1.82) is 0 Å². The minimum atomic E-state index is -0.156. The van der Waals surface area contributed by atoms with Gasteiger partial charge in [0, 0.05) is 13.5 Å². The summed E-state index contributed by atoms with van der Waals surface area (Å²) in [4.78, 5) is 11.7. The Balaban J connectivity index is 2.22. The number of carbonyl (C=O) groups is 1. The summed E-state index contributed by atoms with van der Waals surface area (Å²) in [5.41, 5.74) is 1.06. The molecule has 0 amide bonds. The van der Waals surface area contributed by atoms with Crippen LogP contribution in [0.2, 0.25) is 0 Å². The van der Waals surface area contributed by atoms with Gasteiger partial charge in [0.2, 0.25) is 0 Å². The average molecular weight is 274 g/mol. The first-order valence-corrected chi connectivity index (χ1v) is 7.40. The second-order valence-electron chi connectivity index (χ2n) is 4.34. The molecule has 0 radical (unpaired) electrons. The van der Waals surface area contributed by atoms with Crippen molar-refractivity contribution in [3.8, 4) is 0 Å². The van der Waals surface area contributed by atoms with Crippen molar-refractivity contribution in [2.24, 2.45) is 0 Å². The van der Waals surface area contributed by atoms with E-state index >= 15 is 0 Å². The third-order valence-electron chi connectivity index (χ3n) is 3.09. The maximum absolute atomic E-state index is 11.7. The van der Waals surface area contributed by atoms with Crippen LogP contribution in [-0.4, -0.2) is 18.0 Å². The standard InChI is InChI=1S/C16H18O2S/c1-3-19-16(17)11-15(18-2)14-9-8-12-6-4-5-7-13(12)10-14/h4-10,15H,3,11H2,1-2H3. The number of rotatable bonds is 5. The van der Waals surface area contributed by atoms with Crippen molar-refractivity contribution in [2.75, 3.05) is 12.9 Å². The minimum absolute atomic E-state index is 0.156. The van der Waals surface area contributed by atoms with Gasteiger partial charge in [0.05, 0.1) is 6.10 Å². The highest BCUT2D eigenvalue weighted by Gasteiger charge is 2.15. The van der Waals surface area contributed by atoms with E-state index in [1.54, 1.807) is 7.11 Å². The molecule has 2 aromatic carbocycles. The molecule has 0 N–H and O–H groups in total. The number of fused-ring (bicyclic) bond motifs is 1. The number of hydrogen-bond donors (Lipinski definition) is 0. The topological polar surface area (TPSA) is 26.3 Å². The van der Waals surface area contributed by atoms with E-state index in [2.05, 4.69) is 24.3 Å². The molecule has 0 aliphatic rings. The Labute approximate surface area is 118 Å². The van der Waals surface area contributed by atoms with E-state index < -0.39 is 0 Å². The normalized spacial score (nSPS) is 12.5. The van der Waals surface area contributed by atoms with Crippen LogP contribution in [0.4, 0.5) is 0 Å². The molecule has 0 aromatic heterocycles. The van der Waals surface area contributed by atoms with Gasteiger partial charge in [-0.15, -0.1) is 0 Å². The Morgan fingerprint density at radius 1 is 1.21 bits per heavy atom. The first-order chi connectivity index (χ1) is 9.24. The fraction of sp³-hybridized carbons (Fsp3) is 0.312. The van der Waals surface area contributed by atoms with Crippen LogP contribution in [0.3, 0.4) is 0 Å². The molecule has 2 nitrogen and oxygen atoms in total. The maximum atomic E-state index is 11.7. The fourth-order valence-corrected chi connectivity index (χ4v) is 2.71. The molecule has 2 aromatic rings. The molecule has 1 atom stereocenters. The molecular weight excluding hydrogens is 256 g/mol. The molecule has 0 fully saturated rings. The minimum Gasteiger partial charge on any atom is -0.376 e. The number of methoxy groups -OCH3 is 1. The third-order valence-corrected chi connectivity index (χ3v) is 3.86. The van der Waals surface area contributed by atoms with Gasteiger partial charge in [-0.05, 0) is 28.2 Å². The summed E-state index contributed by atoms with van der Waals surface area (Å²) in [5.74, 6) is 0.812. The Morgan fingerprint density at radius 2 is 1.95 bits per heavy atom. The molecule has 0 spiro atoms. The number of benzene rings is 2. The first kappa shape index (κ1) is 14.1. The molecule has 100 valence electrons. The monoisotopic (exact) mass is 274 g/mol. The summed E-state index contributed by atoms with van der Waals surface area (Å²) < 4.78 is 5.47. The number of thioether (sulfide) groups is 1. The van der Waals surface area contributed by atoms with Gasteiger partial charge in [0.1, 0.15) is 0 Å². The van der Waals surface area contributed by atoms with E-state index in [1.807, 2.05) is 25.1 Å².